The summed E-state index contributed by atoms with van der Waals surface area (Å²) in [6.45, 7) is 11.4. The number of anilines is 1. The first-order chi connectivity index (χ1) is 15.7. The van der Waals surface area contributed by atoms with Crippen molar-refractivity contribution >= 4 is 39.1 Å². The molecule has 0 aliphatic carbocycles. The van der Waals surface area contributed by atoms with Gasteiger partial charge in [-0.2, -0.15) is 0 Å². The van der Waals surface area contributed by atoms with E-state index >= 15 is 0 Å². The Hall–Kier alpha value is -2.60. The van der Waals surface area contributed by atoms with Gasteiger partial charge >= 0.3 is 0 Å². The van der Waals surface area contributed by atoms with Crippen LogP contribution in [0, 0.1) is 11.8 Å². The summed E-state index contributed by atoms with van der Waals surface area (Å²) in [6.07, 6.45) is 1.53. The molecule has 33 heavy (non-hydrogen) atoms. The third kappa shape index (κ3) is 7.19. The maximum absolute atomic E-state index is 12.7. The van der Waals surface area contributed by atoms with E-state index in [4.69, 9.17) is 0 Å². The van der Waals surface area contributed by atoms with Gasteiger partial charge in [-0.3, -0.25) is 9.59 Å². The molecule has 2 aromatic carbocycles. The topological polar surface area (TPSA) is 52.7 Å². The van der Waals surface area contributed by atoms with Crippen LogP contribution in [0.5, 0.6) is 0 Å². The van der Waals surface area contributed by atoms with Crippen molar-refractivity contribution in [1.82, 2.24) is 9.80 Å². The highest BCUT2D eigenvalue weighted by Gasteiger charge is 2.24. The molecule has 2 amide bonds. The van der Waals surface area contributed by atoms with Gasteiger partial charge in [-0.05, 0) is 42.0 Å². The number of carbonyl (C=O) groups is 2. The van der Waals surface area contributed by atoms with E-state index < -0.39 is 0 Å². The fourth-order valence-corrected chi connectivity index (χ4v) is 4.85. The van der Waals surface area contributed by atoms with Gasteiger partial charge in [0.05, 0.1) is 5.69 Å². The molecule has 1 fully saturated rings. The van der Waals surface area contributed by atoms with E-state index in [2.05, 4.69) is 46.6 Å². The molecule has 1 saturated heterocycles. The van der Waals surface area contributed by atoms with Gasteiger partial charge in [-0.15, -0.1) is 0 Å². The fraction of sp³-hybridized carbons (Fsp3) is 0.407. The van der Waals surface area contributed by atoms with Gasteiger partial charge in [0.2, 0.25) is 11.8 Å². The number of rotatable bonds is 8. The minimum atomic E-state index is -0.173. The predicted molar refractivity (Wildman–Crippen MR) is 138 cm³/mol. The van der Waals surface area contributed by atoms with Crippen molar-refractivity contribution in [3.05, 3.63) is 70.7 Å². The molecule has 0 saturated carbocycles. The molecule has 1 N–H and O–H groups in total. The minimum absolute atomic E-state index is 0.0502. The lowest BCUT2D eigenvalue weighted by atomic mass is 9.91. The first-order valence-electron chi connectivity index (χ1n) is 11.5. The zero-order valence-corrected chi connectivity index (χ0v) is 21.4. The molecular weight excluding hydrogens is 478 g/mol. The molecule has 0 spiro atoms. The third-order valence-corrected chi connectivity index (χ3v) is 6.56. The van der Waals surface area contributed by atoms with E-state index in [0.29, 0.717) is 18.4 Å². The molecule has 0 unspecified atom stereocenters. The molecule has 1 aliphatic heterocycles. The molecule has 1 heterocycles. The largest absolute Gasteiger partial charge is 0.371 e. The monoisotopic (exact) mass is 511 g/mol. The number of nitrogens with one attached hydrogen (secondary N) is 1. The molecule has 2 atom stereocenters. The van der Waals surface area contributed by atoms with Crippen LogP contribution in [-0.4, -0.2) is 41.8 Å². The smallest absolute Gasteiger partial charge is 0.224 e. The van der Waals surface area contributed by atoms with Gasteiger partial charge in [-0.1, -0.05) is 66.7 Å². The maximum Gasteiger partial charge on any atom is 0.224 e. The Morgan fingerprint density at radius 3 is 2.42 bits per heavy atom. The Morgan fingerprint density at radius 1 is 1.09 bits per heavy atom. The number of hydrogen-bond acceptors (Lipinski definition) is 3. The van der Waals surface area contributed by atoms with E-state index in [0.717, 1.165) is 40.1 Å². The van der Waals surface area contributed by atoms with Gasteiger partial charge in [0.1, 0.15) is 0 Å². The third-order valence-electron chi connectivity index (χ3n) is 6.07. The lowest BCUT2D eigenvalue weighted by Gasteiger charge is -2.38. The Kier molecular flexibility index (Phi) is 8.73. The van der Waals surface area contributed by atoms with Gasteiger partial charge in [0.25, 0.3) is 0 Å². The van der Waals surface area contributed by atoms with Crippen molar-refractivity contribution in [2.75, 3.05) is 25.5 Å². The Balaban J connectivity index is 1.60. The number of benzene rings is 2. The van der Waals surface area contributed by atoms with Crippen molar-refractivity contribution < 1.29 is 9.59 Å². The Bertz CT molecular complexity index is 982. The van der Waals surface area contributed by atoms with E-state index in [1.165, 1.54) is 6.42 Å². The van der Waals surface area contributed by atoms with Crippen molar-refractivity contribution in [2.45, 2.75) is 39.7 Å². The summed E-state index contributed by atoms with van der Waals surface area (Å²) in [4.78, 5) is 29.2. The van der Waals surface area contributed by atoms with E-state index in [1.807, 2.05) is 48.5 Å². The molecule has 5 nitrogen and oxygen atoms in total. The number of amides is 2. The Morgan fingerprint density at radius 2 is 1.76 bits per heavy atom. The van der Waals surface area contributed by atoms with Crippen LogP contribution in [0.4, 0.5) is 5.69 Å². The standard InChI is InChI=1S/C27H34BrN3O2/c1-19-14-20(2)17-31(16-19)21(3)24-15-23(28)10-11-25(24)29-26(32)12-13-27(33)30(4)18-22-8-6-5-7-9-22/h5-11,15,19-20H,3,12-14,16-18H2,1-2,4H3,(H,29,32)/t19-,20+. The zero-order chi connectivity index (χ0) is 24.0. The van der Waals surface area contributed by atoms with Crippen LogP contribution in [-0.2, 0) is 16.1 Å². The normalized spacial score (nSPS) is 18.0. The molecular formula is C27H34BrN3O2. The van der Waals surface area contributed by atoms with Gasteiger partial charge < -0.3 is 15.1 Å². The summed E-state index contributed by atoms with van der Waals surface area (Å²) in [7, 11) is 1.77. The molecule has 1 aliphatic rings. The first kappa shape index (κ1) is 25.0. The van der Waals surface area contributed by atoms with Crippen LogP contribution < -0.4 is 5.32 Å². The first-order valence-corrected chi connectivity index (χ1v) is 12.3. The van der Waals surface area contributed by atoms with Crippen molar-refractivity contribution in [1.29, 1.82) is 0 Å². The lowest BCUT2D eigenvalue weighted by molar-refractivity contribution is -0.132. The molecule has 0 radical (unpaired) electrons. The number of nitrogens with zero attached hydrogens (tertiary/aromatic N) is 2. The minimum Gasteiger partial charge on any atom is -0.371 e. The number of carbonyl (C=O) groups excluding carboxylic acids is 2. The van der Waals surface area contributed by atoms with Crippen LogP contribution in [0.15, 0.2) is 59.6 Å². The summed E-state index contributed by atoms with van der Waals surface area (Å²) >= 11 is 3.55. The maximum atomic E-state index is 12.7. The molecule has 3 rings (SSSR count). The fourth-order valence-electron chi connectivity index (χ4n) is 4.49. The number of piperidine rings is 1. The van der Waals surface area contributed by atoms with Crippen LogP contribution in [0.3, 0.4) is 0 Å². The number of likely N-dealkylation sites (tertiary alicyclic amines) is 1. The second-order valence-electron chi connectivity index (χ2n) is 9.27. The molecule has 6 heteroatoms. The van der Waals surface area contributed by atoms with Crippen molar-refractivity contribution in [2.24, 2.45) is 11.8 Å². The summed E-state index contributed by atoms with van der Waals surface area (Å²) in [5, 5.41) is 3.01. The molecule has 0 bridgehead atoms. The summed E-state index contributed by atoms with van der Waals surface area (Å²) in [5.41, 5.74) is 3.62. The zero-order valence-electron chi connectivity index (χ0n) is 19.8. The summed E-state index contributed by atoms with van der Waals surface area (Å²) in [5.74, 6) is 0.989. The average molecular weight is 512 g/mol. The van der Waals surface area contributed by atoms with Gasteiger partial charge in [0.15, 0.2) is 0 Å². The average Bonchev–Trinajstić information content (AvgIpc) is 2.78. The van der Waals surface area contributed by atoms with Crippen LogP contribution in [0.1, 0.15) is 44.2 Å². The second-order valence-corrected chi connectivity index (χ2v) is 10.2. The van der Waals surface area contributed by atoms with E-state index in [1.54, 1.807) is 11.9 Å². The highest BCUT2D eigenvalue weighted by molar-refractivity contribution is 9.10. The summed E-state index contributed by atoms with van der Waals surface area (Å²) in [6, 6.07) is 15.6. The SMILES string of the molecule is C=C(c1cc(Br)ccc1NC(=O)CCC(=O)N(C)Cc1ccccc1)N1C[C@H](C)C[C@H](C)C1. The predicted octanol–water partition coefficient (Wildman–Crippen LogP) is 5.78. The number of halogens is 1. The van der Waals surface area contributed by atoms with Crippen molar-refractivity contribution in [3.63, 3.8) is 0 Å². The Labute approximate surface area is 206 Å². The van der Waals surface area contributed by atoms with Crippen LogP contribution >= 0.6 is 15.9 Å². The van der Waals surface area contributed by atoms with Crippen molar-refractivity contribution in [3.8, 4) is 0 Å². The quantitative estimate of drug-likeness (QED) is 0.488. The second kappa shape index (κ2) is 11.5. The van der Waals surface area contributed by atoms with Crippen LogP contribution in [0.25, 0.3) is 5.70 Å². The van der Waals surface area contributed by atoms with E-state index in [-0.39, 0.29) is 24.7 Å². The van der Waals surface area contributed by atoms with Crippen LogP contribution in [0.2, 0.25) is 0 Å². The number of hydrogen-bond donors (Lipinski definition) is 1. The molecule has 2 aromatic rings. The highest BCUT2D eigenvalue weighted by Crippen LogP contribution is 2.33. The van der Waals surface area contributed by atoms with Gasteiger partial charge in [0, 0.05) is 55.3 Å². The molecule has 0 aromatic heterocycles. The van der Waals surface area contributed by atoms with E-state index in [9.17, 15) is 9.59 Å². The van der Waals surface area contributed by atoms with Gasteiger partial charge in [-0.25, -0.2) is 0 Å². The molecule has 176 valence electrons. The lowest BCUT2D eigenvalue weighted by Crippen LogP contribution is -2.37. The highest BCUT2D eigenvalue weighted by atomic mass is 79.9. The summed E-state index contributed by atoms with van der Waals surface area (Å²) < 4.78 is 0.937.